The van der Waals surface area contributed by atoms with E-state index >= 15 is 0 Å². The summed E-state index contributed by atoms with van der Waals surface area (Å²) in [5.74, 6) is -0.130. The topological polar surface area (TPSA) is 29.5 Å². The third-order valence-corrected chi connectivity index (χ3v) is 3.85. The molecule has 0 unspecified atom stereocenters. The molecule has 1 aliphatic rings. The van der Waals surface area contributed by atoms with Crippen molar-refractivity contribution < 1.29 is 13.9 Å². The quantitative estimate of drug-likeness (QED) is 0.803. The molecule has 1 aliphatic heterocycles. The van der Waals surface area contributed by atoms with Crippen molar-refractivity contribution in [1.29, 1.82) is 0 Å². The number of hydrogen-bond donors (Lipinski definition) is 0. The van der Waals surface area contributed by atoms with Gasteiger partial charge < -0.3 is 9.64 Å². The van der Waals surface area contributed by atoms with Crippen LogP contribution in [-0.2, 0) is 11.3 Å². The normalized spacial score (nSPS) is 23.1. The fourth-order valence-electron chi connectivity index (χ4n) is 1.94. The van der Waals surface area contributed by atoms with Gasteiger partial charge in [-0.3, -0.25) is 0 Å². The van der Waals surface area contributed by atoms with Gasteiger partial charge in [-0.2, -0.15) is 0 Å². The number of rotatable bonds is 3. The van der Waals surface area contributed by atoms with Crippen molar-refractivity contribution in [2.45, 2.75) is 12.8 Å². The molecule has 0 spiro atoms. The fraction of sp³-hybridized carbons (Fsp3) is 0.462. The van der Waals surface area contributed by atoms with Crippen molar-refractivity contribution in [1.82, 2.24) is 4.90 Å². The maximum atomic E-state index is 13.5. The first-order valence-corrected chi connectivity index (χ1v) is 6.98. The second-order valence-electron chi connectivity index (χ2n) is 4.38. The lowest BCUT2D eigenvalue weighted by Crippen LogP contribution is -2.29. The molecule has 1 aromatic carbocycles. The van der Waals surface area contributed by atoms with E-state index in [1.54, 1.807) is 0 Å². The van der Waals surface area contributed by atoms with Gasteiger partial charge >= 0.3 is 6.09 Å². The van der Waals surface area contributed by atoms with E-state index in [1.807, 2.05) is 30.3 Å². The highest BCUT2D eigenvalue weighted by Gasteiger charge is 2.35. The van der Waals surface area contributed by atoms with E-state index in [-0.39, 0.29) is 19.1 Å². The molecular weight excluding hydrogens is 301 g/mol. The summed E-state index contributed by atoms with van der Waals surface area (Å²) in [5, 5.41) is 0.566. The van der Waals surface area contributed by atoms with Crippen LogP contribution in [0, 0.1) is 5.92 Å². The van der Waals surface area contributed by atoms with E-state index in [9.17, 15) is 9.18 Å². The van der Waals surface area contributed by atoms with Crippen LogP contribution in [0.2, 0.25) is 0 Å². The van der Waals surface area contributed by atoms with Crippen LogP contribution < -0.4 is 0 Å². The molecule has 0 saturated carbocycles. The van der Waals surface area contributed by atoms with Crippen molar-refractivity contribution in [2.75, 3.05) is 18.4 Å². The van der Waals surface area contributed by atoms with Crippen LogP contribution in [0.25, 0.3) is 0 Å². The number of likely N-dealkylation sites (tertiary alicyclic amines) is 1. The van der Waals surface area contributed by atoms with Crippen LogP contribution in [0.5, 0.6) is 0 Å². The van der Waals surface area contributed by atoms with Gasteiger partial charge in [-0.15, -0.1) is 0 Å². The van der Waals surface area contributed by atoms with Crippen molar-refractivity contribution in [3.8, 4) is 0 Å². The summed E-state index contributed by atoms with van der Waals surface area (Å²) in [5.41, 5.74) is 0.930. The summed E-state index contributed by atoms with van der Waals surface area (Å²) in [4.78, 5) is 13.2. The molecule has 1 amide bonds. The Labute approximate surface area is 114 Å². The summed E-state index contributed by atoms with van der Waals surface area (Å²) in [6.07, 6.45) is -1.40. The van der Waals surface area contributed by atoms with Crippen LogP contribution in [0.1, 0.15) is 5.56 Å². The van der Waals surface area contributed by atoms with Gasteiger partial charge in [0.15, 0.2) is 0 Å². The van der Waals surface area contributed by atoms with Gasteiger partial charge in [0, 0.05) is 17.8 Å². The Morgan fingerprint density at radius 2 is 2.11 bits per heavy atom. The molecule has 0 bridgehead atoms. The van der Waals surface area contributed by atoms with Crippen LogP contribution in [0.15, 0.2) is 30.3 Å². The molecule has 0 aromatic heterocycles. The summed E-state index contributed by atoms with van der Waals surface area (Å²) in [6.45, 7) is 0.774. The minimum atomic E-state index is -0.964. The molecule has 2 atom stereocenters. The van der Waals surface area contributed by atoms with Crippen LogP contribution in [0.4, 0.5) is 9.18 Å². The Balaban J connectivity index is 1.82. The second kappa shape index (κ2) is 6.18. The Bertz CT molecular complexity index is 401. The highest BCUT2D eigenvalue weighted by atomic mass is 79.9. The predicted molar refractivity (Wildman–Crippen MR) is 70.4 cm³/mol. The number of hydrogen-bond acceptors (Lipinski definition) is 2. The summed E-state index contributed by atoms with van der Waals surface area (Å²) >= 11 is 3.25. The van der Waals surface area contributed by atoms with Gasteiger partial charge in [-0.05, 0) is 5.56 Å². The van der Waals surface area contributed by atoms with Crippen LogP contribution >= 0.6 is 15.9 Å². The van der Waals surface area contributed by atoms with E-state index in [0.717, 1.165) is 5.56 Å². The molecule has 1 saturated heterocycles. The van der Waals surface area contributed by atoms with Crippen LogP contribution in [0.3, 0.4) is 0 Å². The maximum absolute atomic E-state index is 13.5. The third-order valence-electron chi connectivity index (χ3n) is 3.02. The molecule has 5 heteroatoms. The van der Waals surface area contributed by atoms with E-state index < -0.39 is 12.3 Å². The molecule has 1 heterocycles. The number of ether oxygens (including phenoxy) is 1. The van der Waals surface area contributed by atoms with Gasteiger partial charge in [0.2, 0.25) is 0 Å². The van der Waals surface area contributed by atoms with Crippen molar-refractivity contribution in [2.24, 2.45) is 5.92 Å². The first-order valence-electron chi connectivity index (χ1n) is 5.86. The zero-order chi connectivity index (χ0) is 13.0. The van der Waals surface area contributed by atoms with Gasteiger partial charge in [0.25, 0.3) is 0 Å². The van der Waals surface area contributed by atoms with Gasteiger partial charge in [-0.25, -0.2) is 9.18 Å². The Morgan fingerprint density at radius 3 is 2.72 bits per heavy atom. The van der Waals surface area contributed by atoms with Gasteiger partial charge in [0.05, 0.1) is 6.54 Å². The standard InChI is InChI=1S/C13H15BrFNO2/c14-6-11-7-16(8-12(11)15)13(17)18-9-10-4-2-1-3-5-10/h1-5,11-12H,6-9H2/t11-,12+/m0/s1. The maximum Gasteiger partial charge on any atom is 0.410 e. The van der Waals surface area contributed by atoms with E-state index in [2.05, 4.69) is 15.9 Å². The summed E-state index contributed by atoms with van der Waals surface area (Å²) in [6, 6.07) is 9.45. The highest BCUT2D eigenvalue weighted by Crippen LogP contribution is 2.22. The molecular formula is C13H15BrFNO2. The average Bonchev–Trinajstić information content (AvgIpc) is 2.78. The molecule has 3 nitrogen and oxygen atoms in total. The van der Waals surface area contributed by atoms with E-state index in [1.165, 1.54) is 4.90 Å². The molecule has 0 N–H and O–H groups in total. The minimum absolute atomic E-state index is 0.129. The zero-order valence-corrected chi connectivity index (χ0v) is 11.5. The van der Waals surface area contributed by atoms with E-state index in [4.69, 9.17) is 4.74 Å². The second-order valence-corrected chi connectivity index (χ2v) is 5.02. The zero-order valence-electron chi connectivity index (χ0n) is 9.89. The lowest BCUT2D eigenvalue weighted by molar-refractivity contribution is 0.102. The Hall–Kier alpha value is -1.10. The van der Waals surface area contributed by atoms with Gasteiger partial charge in [-0.1, -0.05) is 46.3 Å². The fourth-order valence-corrected chi connectivity index (χ4v) is 2.55. The Kier molecular flexibility index (Phi) is 4.58. The Morgan fingerprint density at radius 1 is 1.39 bits per heavy atom. The molecule has 18 heavy (non-hydrogen) atoms. The number of halogens is 2. The smallest absolute Gasteiger partial charge is 0.410 e. The predicted octanol–water partition coefficient (Wildman–Crippen LogP) is 2.99. The number of amides is 1. The average molecular weight is 316 g/mol. The largest absolute Gasteiger partial charge is 0.445 e. The highest BCUT2D eigenvalue weighted by molar-refractivity contribution is 9.09. The summed E-state index contributed by atoms with van der Waals surface area (Å²) < 4.78 is 18.6. The number of nitrogens with zero attached hydrogens (tertiary/aromatic N) is 1. The van der Waals surface area contributed by atoms with Crippen LogP contribution in [-0.4, -0.2) is 35.6 Å². The number of benzene rings is 1. The number of carbonyl (C=O) groups excluding carboxylic acids is 1. The lowest BCUT2D eigenvalue weighted by atomic mass is 10.1. The lowest BCUT2D eigenvalue weighted by Gasteiger charge is -2.15. The monoisotopic (exact) mass is 315 g/mol. The minimum Gasteiger partial charge on any atom is -0.445 e. The molecule has 1 fully saturated rings. The first-order chi connectivity index (χ1) is 8.70. The molecule has 0 radical (unpaired) electrons. The molecule has 98 valence electrons. The SMILES string of the molecule is O=C(OCc1ccccc1)N1C[C@H](CBr)[C@H](F)C1. The van der Waals surface area contributed by atoms with Gasteiger partial charge in [0.1, 0.15) is 12.8 Å². The van der Waals surface area contributed by atoms with Crippen molar-refractivity contribution in [3.63, 3.8) is 0 Å². The molecule has 0 aliphatic carbocycles. The third kappa shape index (κ3) is 3.22. The van der Waals surface area contributed by atoms with Crippen molar-refractivity contribution >= 4 is 22.0 Å². The first kappa shape index (κ1) is 13.3. The number of carbonyl (C=O) groups is 1. The van der Waals surface area contributed by atoms with E-state index in [0.29, 0.717) is 11.9 Å². The molecule has 1 aromatic rings. The summed E-state index contributed by atoms with van der Waals surface area (Å²) in [7, 11) is 0. The van der Waals surface area contributed by atoms with Crippen molar-refractivity contribution in [3.05, 3.63) is 35.9 Å². The molecule has 2 rings (SSSR count). The number of alkyl halides is 2.